The highest BCUT2D eigenvalue weighted by molar-refractivity contribution is 7.13. The van der Waals surface area contributed by atoms with Gasteiger partial charge in [0.15, 0.2) is 5.13 Å². The molecular formula is C27H44N4OS. The highest BCUT2D eigenvalue weighted by Crippen LogP contribution is 2.48. The van der Waals surface area contributed by atoms with Crippen molar-refractivity contribution in [3.05, 3.63) is 29.3 Å². The number of hydrogen-bond acceptors (Lipinski definition) is 6. The molecule has 5 nitrogen and oxygen atoms in total. The van der Waals surface area contributed by atoms with E-state index in [2.05, 4.69) is 47.7 Å². The zero-order chi connectivity index (χ0) is 23.3. The maximum absolute atomic E-state index is 8.99. The minimum atomic E-state index is 0.155. The van der Waals surface area contributed by atoms with Gasteiger partial charge < -0.3 is 21.1 Å². The van der Waals surface area contributed by atoms with Crippen LogP contribution in [0.1, 0.15) is 77.3 Å². The molecule has 33 heavy (non-hydrogen) atoms. The molecule has 0 aromatic carbocycles. The Bertz CT molecular complexity index is 822. The molecule has 184 valence electrons. The van der Waals surface area contributed by atoms with Crippen LogP contribution in [0.15, 0.2) is 23.6 Å². The smallest absolute Gasteiger partial charge is 0.185 e. The predicted octanol–water partition coefficient (Wildman–Crippen LogP) is 4.98. The Hall–Kier alpha value is -1.21. The molecule has 2 fully saturated rings. The van der Waals surface area contributed by atoms with Gasteiger partial charge in [0.1, 0.15) is 0 Å². The second-order valence-electron chi connectivity index (χ2n) is 11.1. The predicted molar refractivity (Wildman–Crippen MR) is 141 cm³/mol. The van der Waals surface area contributed by atoms with Gasteiger partial charge in [0.25, 0.3) is 0 Å². The number of aromatic nitrogens is 1. The topological polar surface area (TPSA) is 74.4 Å². The number of thiazole rings is 1. The fourth-order valence-corrected chi connectivity index (χ4v) is 7.09. The van der Waals surface area contributed by atoms with E-state index >= 15 is 0 Å². The van der Waals surface area contributed by atoms with Gasteiger partial charge in [0.2, 0.25) is 0 Å². The van der Waals surface area contributed by atoms with Crippen molar-refractivity contribution in [2.45, 2.75) is 77.2 Å². The van der Waals surface area contributed by atoms with Crippen molar-refractivity contribution in [1.82, 2.24) is 10.3 Å². The van der Waals surface area contributed by atoms with E-state index in [4.69, 9.17) is 15.8 Å². The number of allylic oxidation sites excluding steroid dienone is 4. The maximum Gasteiger partial charge on any atom is 0.185 e. The van der Waals surface area contributed by atoms with Crippen LogP contribution in [0.2, 0.25) is 0 Å². The van der Waals surface area contributed by atoms with Crippen LogP contribution in [-0.4, -0.2) is 48.4 Å². The number of rotatable bonds is 10. The van der Waals surface area contributed by atoms with Gasteiger partial charge in [-0.3, -0.25) is 0 Å². The molecule has 0 amide bonds. The van der Waals surface area contributed by atoms with Gasteiger partial charge in [-0.15, -0.1) is 11.3 Å². The number of nitrogens with zero attached hydrogens (tertiary/aromatic N) is 2. The first-order valence-corrected chi connectivity index (χ1v) is 14.0. The molecule has 1 aliphatic heterocycles. The zero-order valence-electron chi connectivity index (χ0n) is 20.7. The standard InChI is InChI=1S/C27H44N4OS/c1-26(2)10-6-7-21-19-22(8-9-23(21)26)24-20-33-25(30-24)31-16-12-27(11-14-28,13-17-31)29-15-4-3-5-18-32/h8-9,19-21,23,29,32H,3-7,10-18,28H2,1-2H3. The summed E-state index contributed by atoms with van der Waals surface area (Å²) in [5.41, 5.74) is 9.01. The van der Waals surface area contributed by atoms with Crippen LogP contribution >= 0.6 is 11.3 Å². The van der Waals surface area contributed by atoms with Crippen molar-refractivity contribution in [1.29, 1.82) is 0 Å². The van der Waals surface area contributed by atoms with Gasteiger partial charge in [-0.25, -0.2) is 4.98 Å². The molecule has 2 atom stereocenters. The summed E-state index contributed by atoms with van der Waals surface area (Å²) in [4.78, 5) is 7.55. The summed E-state index contributed by atoms with van der Waals surface area (Å²) >= 11 is 1.79. The molecule has 4 rings (SSSR count). The van der Waals surface area contributed by atoms with Gasteiger partial charge in [-0.05, 0) is 87.3 Å². The lowest BCUT2D eigenvalue weighted by molar-refractivity contribution is 0.136. The van der Waals surface area contributed by atoms with Crippen LogP contribution in [0.4, 0.5) is 5.13 Å². The van der Waals surface area contributed by atoms with E-state index in [1.807, 2.05) is 0 Å². The lowest BCUT2D eigenvalue weighted by atomic mass is 9.62. The highest BCUT2D eigenvalue weighted by atomic mass is 32.1. The third kappa shape index (κ3) is 5.90. The largest absolute Gasteiger partial charge is 0.396 e. The molecule has 2 unspecified atom stereocenters. The second-order valence-corrected chi connectivity index (χ2v) is 11.9. The molecular weight excluding hydrogens is 428 g/mol. The lowest BCUT2D eigenvalue weighted by Gasteiger charge is -2.43. The molecule has 3 aliphatic rings. The number of aliphatic hydroxyl groups is 1. The quantitative estimate of drug-likeness (QED) is 0.419. The van der Waals surface area contributed by atoms with Crippen molar-refractivity contribution in [3.8, 4) is 0 Å². The van der Waals surface area contributed by atoms with Crippen molar-refractivity contribution >= 4 is 22.0 Å². The van der Waals surface area contributed by atoms with Gasteiger partial charge in [-0.2, -0.15) is 0 Å². The maximum atomic E-state index is 8.99. The Kier molecular flexibility index (Phi) is 8.32. The van der Waals surface area contributed by atoms with E-state index in [0.717, 1.165) is 75.5 Å². The van der Waals surface area contributed by atoms with E-state index < -0.39 is 0 Å². The Balaban J connectivity index is 1.35. The third-order valence-electron chi connectivity index (χ3n) is 8.34. The third-order valence-corrected chi connectivity index (χ3v) is 9.24. The SMILES string of the molecule is CC1(C)CCCC2C=C(c3csc(N4CCC(CCN)(NCCCCCO)CC4)n3)C=CC21. The van der Waals surface area contributed by atoms with Crippen LogP contribution in [-0.2, 0) is 0 Å². The number of piperidine rings is 1. The van der Waals surface area contributed by atoms with Gasteiger partial charge in [0, 0.05) is 30.6 Å². The summed E-state index contributed by atoms with van der Waals surface area (Å²) in [5.74, 6) is 1.33. The first kappa shape index (κ1) is 24.9. The first-order valence-electron chi connectivity index (χ1n) is 13.1. The van der Waals surface area contributed by atoms with Crippen LogP contribution in [0, 0.1) is 17.3 Å². The van der Waals surface area contributed by atoms with Crippen LogP contribution in [0.25, 0.3) is 5.57 Å². The molecule has 1 aromatic rings. The van der Waals surface area contributed by atoms with E-state index in [1.54, 1.807) is 11.3 Å². The molecule has 2 heterocycles. The van der Waals surface area contributed by atoms with E-state index in [1.165, 1.54) is 24.8 Å². The summed E-state index contributed by atoms with van der Waals surface area (Å²) in [6.45, 7) is 8.96. The molecule has 4 N–H and O–H groups in total. The number of unbranched alkanes of at least 4 members (excludes halogenated alkanes) is 2. The van der Waals surface area contributed by atoms with Gasteiger partial charge >= 0.3 is 0 Å². The molecule has 1 saturated carbocycles. The zero-order valence-corrected chi connectivity index (χ0v) is 21.5. The van der Waals surface area contributed by atoms with Crippen LogP contribution < -0.4 is 16.0 Å². The number of nitrogens with one attached hydrogen (secondary N) is 1. The average Bonchev–Trinajstić information content (AvgIpc) is 3.30. The fraction of sp³-hybridized carbons (Fsp3) is 0.741. The van der Waals surface area contributed by atoms with Crippen molar-refractivity contribution < 1.29 is 5.11 Å². The van der Waals surface area contributed by atoms with Crippen molar-refractivity contribution in [3.63, 3.8) is 0 Å². The monoisotopic (exact) mass is 472 g/mol. The molecule has 0 spiro atoms. The van der Waals surface area contributed by atoms with Crippen LogP contribution in [0.3, 0.4) is 0 Å². The summed E-state index contributed by atoms with van der Waals surface area (Å²) < 4.78 is 0. The fourth-order valence-electron chi connectivity index (χ4n) is 6.20. The molecule has 1 saturated heterocycles. The van der Waals surface area contributed by atoms with Gasteiger partial charge in [0.05, 0.1) is 5.69 Å². The van der Waals surface area contributed by atoms with Gasteiger partial charge in [-0.1, -0.05) is 38.5 Å². The molecule has 0 radical (unpaired) electrons. The Labute approximate surface area is 204 Å². The summed E-state index contributed by atoms with van der Waals surface area (Å²) in [5, 5.41) is 16.2. The molecule has 0 bridgehead atoms. The summed E-state index contributed by atoms with van der Waals surface area (Å²) in [6, 6.07) is 0. The number of nitrogens with two attached hydrogens (primary N) is 1. The van der Waals surface area contributed by atoms with E-state index in [-0.39, 0.29) is 5.54 Å². The number of hydrogen-bond donors (Lipinski definition) is 3. The number of aliphatic hydroxyl groups excluding tert-OH is 1. The summed E-state index contributed by atoms with van der Waals surface area (Å²) in [6.07, 6.45) is 17.6. The summed E-state index contributed by atoms with van der Waals surface area (Å²) in [7, 11) is 0. The van der Waals surface area contributed by atoms with E-state index in [9.17, 15) is 0 Å². The minimum Gasteiger partial charge on any atom is -0.396 e. The average molecular weight is 473 g/mol. The number of fused-ring (bicyclic) bond motifs is 1. The number of anilines is 1. The van der Waals surface area contributed by atoms with E-state index in [0.29, 0.717) is 23.9 Å². The van der Waals surface area contributed by atoms with Crippen molar-refractivity contribution in [2.75, 3.05) is 37.7 Å². The Morgan fingerprint density at radius 1 is 1.21 bits per heavy atom. The normalized spacial score (nSPS) is 26.2. The minimum absolute atomic E-state index is 0.155. The molecule has 1 aromatic heterocycles. The molecule has 2 aliphatic carbocycles. The lowest BCUT2D eigenvalue weighted by Crippen LogP contribution is -2.54. The Morgan fingerprint density at radius 2 is 2.03 bits per heavy atom. The van der Waals surface area contributed by atoms with Crippen molar-refractivity contribution in [2.24, 2.45) is 23.0 Å². The molecule has 6 heteroatoms. The van der Waals surface area contributed by atoms with Crippen LogP contribution in [0.5, 0.6) is 0 Å². The second kappa shape index (κ2) is 11.0. The Morgan fingerprint density at radius 3 is 2.79 bits per heavy atom. The highest BCUT2D eigenvalue weighted by Gasteiger charge is 2.38. The first-order chi connectivity index (χ1) is 16.0.